The zero-order valence-electron chi connectivity index (χ0n) is 12.7. The molecule has 1 aromatic rings. The average Bonchev–Trinajstić information content (AvgIpc) is 2.41. The van der Waals surface area contributed by atoms with Crippen molar-refractivity contribution >= 4 is 5.57 Å². The summed E-state index contributed by atoms with van der Waals surface area (Å²) in [4.78, 5) is 0. The lowest BCUT2D eigenvalue weighted by atomic mass is 9.95. The molecule has 1 nitrogen and oxygen atoms in total. The van der Waals surface area contributed by atoms with E-state index >= 15 is 0 Å². The van der Waals surface area contributed by atoms with E-state index < -0.39 is 0 Å². The van der Waals surface area contributed by atoms with Crippen LogP contribution in [0.5, 0.6) is 5.75 Å². The lowest BCUT2D eigenvalue weighted by Gasteiger charge is -2.17. The fraction of sp³-hybridized carbons (Fsp3) is 0.421. The smallest absolute Gasteiger partial charge is 0.130 e. The lowest BCUT2D eigenvalue weighted by Crippen LogP contribution is -2.02. The highest BCUT2D eigenvalue weighted by atomic mass is 16.5. The molecule has 0 aliphatic carbocycles. The molecule has 0 saturated heterocycles. The summed E-state index contributed by atoms with van der Waals surface area (Å²) in [7, 11) is 0. The third-order valence-corrected chi connectivity index (χ3v) is 3.70. The van der Waals surface area contributed by atoms with Crippen molar-refractivity contribution in [3.63, 3.8) is 0 Å². The Balaban J connectivity index is 2.41. The van der Waals surface area contributed by atoms with Crippen LogP contribution < -0.4 is 4.74 Å². The highest BCUT2D eigenvalue weighted by Crippen LogP contribution is 2.33. The Morgan fingerprint density at radius 1 is 1.10 bits per heavy atom. The van der Waals surface area contributed by atoms with Gasteiger partial charge in [-0.25, -0.2) is 0 Å². The van der Waals surface area contributed by atoms with Gasteiger partial charge in [-0.1, -0.05) is 24.8 Å². The van der Waals surface area contributed by atoms with Gasteiger partial charge in [-0.3, -0.25) is 0 Å². The van der Waals surface area contributed by atoms with Gasteiger partial charge in [0.2, 0.25) is 0 Å². The summed E-state index contributed by atoms with van der Waals surface area (Å²) in [6.07, 6.45) is 10.1. The molecule has 0 atom stereocenters. The van der Waals surface area contributed by atoms with Gasteiger partial charge in [0.15, 0.2) is 0 Å². The molecular weight excluding hydrogens is 244 g/mol. The predicted molar refractivity (Wildman–Crippen MR) is 86.2 cm³/mol. The van der Waals surface area contributed by atoms with E-state index in [1.54, 1.807) is 0 Å². The van der Waals surface area contributed by atoms with E-state index in [1.165, 1.54) is 35.1 Å². The van der Waals surface area contributed by atoms with E-state index in [0.717, 1.165) is 31.6 Å². The Hall–Kier alpha value is -1.72. The Labute approximate surface area is 122 Å². The molecule has 0 bridgehead atoms. The fourth-order valence-electron chi connectivity index (χ4n) is 2.72. The second-order valence-electron chi connectivity index (χ2n) is 5.47. The number of allylic oxidation sites excluding steroid dienone is 2. The van der Waals surface area contributed by atoms with Crippen LogP contribution in [0.2, 0.25) is 0 Å². The van der Waals surface area contributed by atoms with Gasteiger partial charge in [0, 0.05) is 11.1 Å². The first-order valence-electron chi connectivity index (χ1n) is 7.50. The summed E-state index contributed by atoms with van der Waals surface area (Å²) in [5.74, 6) is 1.01. The van der Waals surface area contributed by atoms with Crippen molar-refractivity contribution in [1.29, 1.82) is 0 Å². The Bertz CT molecular complexity index is 545. The number of hydrogen-bond donors (Lipinski definition) is 0. The van der Waals surface area contributed by atoms with Gasteiger partial charge < -0.3 is 4.74 Å². The van der Waals surface area contributed by atoms with Gasteiger partial charge in [0.05, 0.1) is 6.61 Å². The molecule has 0 N–H and O–H groups in total. The summed E-state index contributed by atoms with van der Waals surface area (Å²) < 4.78 is 6.04. The van der Waals surface area contributed by atoms with E-state index in [4.69, 9.17) is 4.74 Å². The first-order chi connectivity index (χ1) is 9.72. The van der Waals surface area contributed by atoms with Crippen LogP contribution in [0.4, 0.5) is 0 Å². The van der Waals surface area contributed by atoms with Crippen LogP contribution in [0.1, 0.15) is 48.8 Å². The second kappa shape index (κ2) is 7.17. The first-order valence-corrected chi connectivity index (χ1v) is 7.50. The summed E-state index contributed by atoms with van der Waals surface area (Å²) in [6.45, 7) is 8.86. The van der Waals surface area contributed by atoms with Crippen molar-refractivity contribution in [3.05, 3.63) is 53.3 Å². The highest BCUT2D eigenvalue weighted by molar-refractivity contribution is 5.72. The molecule has 0 saturated carbocycles. The molecule has 20 heavy (non-hydrogen) atoms. The van der Waals surface area contributed by atoms with Crippen LogP contribution in [0.15, 0.2) is 36.6 Å². The van der Waals surface area contributed by atoms with Gasteiger partial charge >= 0.3 is 0 Å². The molecule has 0 aromatic heterocycles. The maximum atomic E-state index is 6.04. The monoisotopic (exact) mass is 268 g/mol. The number of fused-ring (bicyclic) bond motifs is 1. The van der Waals surface area contributed by atoms with E-state index in [0.29, 0.717) is 0 Å². The van der Waals surface area contributed by atoms with E-state index in [2.05, 4.69) is 50.4 Å². The topological polar surface area (TPSA) is 9.23 Å². The molecule has 0 unspecified atom stereocenters. The maximum absolute atomic E-state index is 6.04. The predicted octanol–water partition coefficient (Wildman–Crippen LogP) is 5.37. The molecule has 0 spiro atoms. The number of aryl methyl sites for hydroxylation is 2. The Morgan fingerprint density at radius 3 is 2.70 bits per heavy atom. The first kappa shape index (κ1) is 14.7. The standard InChI is InChI=1S/C19H24O/c1-4-17-11-9-7-5-6-8-10-12-20-19-16(3)13-15(2)14-18(17)19/h6,8,13-14H,1,5,7,9-12H2,2-3H3. The number of rotatable bonds is 0. The zero-order valence-corrected chi connectivity index (χ0v) is 12.7. The van der Waals surface area contributed by atoms with Gasteiger partial charge in [-0.2, -0.15) is 0 Å². The van der Waals surface area contributed by atoms with Crippen LogP contribution in [0, 0.1) is 13.8 Å². The lowest BCUT2D eigenvalue weighted by molar-refractivity contribution is 0.321. The van der Waals surface area contributed by atoms with Crippen molar-refractivity contribution in [2.45, 2.75) is 46.0 Å². The van der Waals surface area contributed by atoms with Crippen LogP contribution in [-0.2, 0) is 0 Å². The zero-order chi connectivity index (χ0) is 14.4. The van der Waals surface area contributed by atoms with E-state index in [9.17, 15) is 0 Å². The van der Waals surface area contributed by atoms with Crippen molar-refractivity contribution in [1.82, 2.24) is 0 Å². The molecule has 1 aliphatic heterocycles. The van der Waals surface area contributed by atoms with Crippen molar-refractivity contribution < 1.29 is 4.74 Å². The van der Waals surface area contributed by atoms with Gasteiger partial charge in [0.1, 0.15) is 5.75 Å². The van der Waals surface area contributed by atoms with Crippen LogP contribution in [-0.4, -0.2) is 6.61 Å². The normalized spacial score (nSPS) is 16.4. The molecule has 1 heterocycles. The molecule has 2 rings (SSSR count). The minimum Gasteiger partial charge on any atom is -0.492 e. The molecule has 1 aliphatic rings. The molecule has 0 fully saturated rings. The largest absolute Gasteiger partial charge is 0.492 e. The third kappa shape index (κ3) is 3.65. The number of hydrogen-bond acceptors (Lipinski definition) is 1. The fourth-order valence-corrected chi connectivity index (χ4v) is 2.72. The van der Waals surface area contributed by atoms with Gasteiger partial charge in [-0.05, 0) is 63.1 Å². The van der Waals surface area contributed by atoms with E-state index in [-0.39, 0.29) is 0 Å². The van der Waals surface area contributed by atoms with Crippen LogP contribution in [0.3, 0.4) is 0 Å². The van der Waals surface area contributed by atoms with Gasteiger partial charge in [-0.15, -0.1) is 5.73 Å². The summed E-state index contributed by atoms with van der Waals surface area (Å²) in [5.41, 5.74) is 7.98. The Morgan fingerprint density at radius 2 is 1.90 bits per heavy atom. The summed E-state index contributed by atoms with van der Waals surface area (Å²) in [5, 5.41) is 0. The number of ether oxygens (including phenoxy) is 1. The van der Waals surface area contributed by atoms with E-state index in [1.807, 2.05) is 0 Å². The highest BCUT2D eigenvalue weighted by Gasteiger charge is 2.12. The minimum atomic E-state index is 0.734. The SMILES string of the molecule is C=C=C1CCCCC=CCCOc2c(C)cc(C)cc21. The quantitative estimate of drug-likeness (QED) is 0.454. The summed E-state index contributed by atoms with van der Waals surface area (Å²) in [6, 6.07) is 4.39. The van der Waals surface area contributed by atoms with Crippen molar-refractivity contribution in [2.75, 3.05) is 6.61 Å². The Kier molecular flexibility index (Phi) is 5.26. The molecular formula is C19H24O. The minimum absolute atomic E-state index is 0.734. The van der Waals surface area contributed by atoms with Gasteiger partial charge in [0.25, 0.3) is 0 Å². The van der Waals surface area contributed by atoms with Crippen molar-refractivity contribution in [2.24, 2.45) is 0 Å². The van der Waals surface area contributed by atoms with Crippen LogP contribution >= 0.6 is 0 Å². The second-order valence-corrected chi connectivity index (χ2v) is 5.47. The molecule has 0 radical (unpaired) electrons. The van der Waals surface area contributed by atoms with Crippen LogP contribution in [0.25, 0.3) is 5.57 Å². The number of benzene rings is 1. The molecule has 106 valence electrons. The summed E-state index contributed by atoms with van der Waals surface area (Å²) >= 11 is 0. The molecule has 1 aromatic carbocycles. The van der Waals surface area contributed by atoms with Crippen molar-refractivity contribution in [3.8, 4) is 5.75 Å². The molecule has 0 amide bonds. The third-order valence-electron chi connectivity index (χ3n) is 3.70. The average molecular weight is 268 g/mol. The molecule has 1 heteroatoms. The maximum Gasteiger partial charge on any atom is 0.130 e.